The van der Waals surface area contributed by atoms with Gasteiger partial charge in [-0.1, -0.05) is 29.3 Å². The minimum Gasteiger partial charge on any atom is -0.486 e. The van der Waals surface area contributed by atoms with Gasteiger partial charge in [-0.05, 0) is 40.2 Å². The van der Waals surface area contributed by atoms with Crippen LogP contribution in [0.15, 0.2) is 34.8 Å². The van der Waals surface area contributed by atoms with Crippen LogP contribution in [0.1, 0.15) is 15.9 Å². The molecule has 0 fully saturated rings. The molecule has 0 aromatic heterocycles. The zero-order valence-electron chi connectivity index (χ0n) is 10.5. The van der Waals surface area contributed by atoms with E-state index >= 15 is 0 Å². The number of hydrogen-bond donors (Lipinski definition) is 1. The maximum Gasteiger partial charge on any atom is 0.248 e. The number of ether oxygens (including phenoxy) is 1. The Morgan fingerprint density at radius 1 is 1.24 bits per heavy atom. The first kappa shape index (κ1) is 16.1. The largest absolute Gasteiger partial charge is 0.486 e. The fourth-order valence-corrected chi connectivity index (χ4v) is 2.81. The van der Waals surface area contributed by atoms with Crippen molar-refractivity contribution in [2.75, 3.05) is 0 Å². The van der Waals surface area contributed by atoms with Crippen LogP contribution in [0.4, 0.5) is 4.39 Å². The van der Waals surface area contributed by atoms with E-state index in [1.165, 1.54) is 30.3 Å². The number of halogens is 4. The van der Waals surface area contributed by atoms with E-state index in [1.54, 1.807) is 0 Å². The predicted octanol–water partition coefficient (Wildman–Crippen LogP) is 4.57. The van der Waals surface area contributed by atoms with Crippen molar-refractivity contribution in [3.63, 3.8) is 0 Å². The van der Waals surface area contributed by atoms with Crippen molar-refractivity contribution in [2.45, 2.75) is 6.61 Å². The molecule has 3 nitrogen and oxygen atoms in total. The van der Waals surface area contributed by atoms with Gasteiger partial charge in [-0.25, -0.2) is 4.39 Å². The van der Waals surface area contributed by atoms with Crippen molar-refractivity contribution in [3.8, 4) is 5.75 Å². The molecule has 0 aliphatic carbocycles. The molecule has 0 radical (unpaired) electrons. The van der Waals surface area contributed by atoms with Gasteiger partial charge in [0.05, 0.1) is 14.5 Å². The highest BCUT2D eigenvalue weighted by atomic mass is 79.9. The van der Waals surface area contributed by atoms with Crippen molar-refractivity contribution in [3.05, 3.63) is 61.8 Å². The summed E-state index contributed by atoms with van der Waals surface area (Å²) >= 11 is 15.2. The molecule has 0 spiro atoms. The monoisotopic (exact) mass is 391 g/mol. The topological polar surface area (TPSA) is 52.3 Å². The van der Waals surface area contributed by atoms with Crippen LogP contribution in [-0.2, 0) is 6.61 Å². The standard InChI is InChI=1S/C14H9BrCl2FNO2/c15-10-3-8(14(19)20)4-12(17)13(10)21-6-7-1-2-9(18)5-11(7)16/h1-5H,6H2,(H2,19,20). The predicted molar refractivity (Wildman–Crippen MR) is 83.4 cm³/mol. The van der Waals surface area contributed by atoms with Crippen LogP contribution in [0, 0.1) is 5.82 Å². The Morgan fingerprint density at radius 2 is 1.95 bits per heavy atom. The number of amides is 1. The van der Waals surface area contributed by atoms with Crippen molar-refractivity contribution >= 4 is 45.0 Å². The molecule has 0 aliphatic rings. The minimum absolute atomic E-state index is 0.105. The van der Waals surface area contributed by atoms with Gasteiger partial charge in [-0.2, -0.15) is 0 Å². The number of rotatable bonds is 4. The van der Waals surface area contributed by atoms with Gasteiger partial charge in [-0.15, -0.1) is 0 Å². The fourth-order valence-electron chi connectivity index (χ4n) is 1.63. The smallest absolute Gasteiger partial charge is 0.248 e. The van der Waals surface area contributed by atoms with E-state index in [9.17, 15) is 9.18 Å². The summed E-state index contributed by atoms with van der Waals surface area (Å²) in [4.78, 5) is 11.1. The molecule has 1 amide bonds. The van der Waals surface area contributed by atoms with Gasteiger partial charge in [0.2, 0.25) is 5.91 Å². The van der Waals surface area contributed by atoms with E-state index in [0.717, 1.165) is 0 Å². The number of nitrogens with two attached hydrogens (primary N) is 1. The molecule has 0 atom stereocenters. The first-order chi connectivity index (χ1) is 9.88. The van der Waals surface area contributed by atoms with Crippen molar-refractivity contribution in [1.82, 2.24) is 0 Å². The first-order valence-corrected chi connectivity index (χ1v) is 7.29. The molecule has 2 aromatic rings. The van der Waals surface area contributed by atoms with Gasteiger partial charge in [0.1, 0.15) is 12.4 Å². The molecular weight excluding hydrogens is 384 g/mol. The van der Waals surface area contributed by atoms with Crippen LogP contribution in [0.3, 0.4) is 0 Å². The lowest BCUT2D eigenvalue weighted by atomic mass is 10.2. The maximum absolute atomic E-state index is 13.0. The molecule has 2 N–H and O–H groups in total. The SMILES string of the molecule is NC(=O)c1cc(Cl)c(OCc2ccc(F)cc2Cl)c(Br)c1. The summed E-state index contributed by atoms with van der Waals surface area (Å²) in [6.45, 7) is 0.105. The fraction of sp³-hybridized carbons (Fsp3) is 0.0714. The highest BCUT2D eigenvalue weighted by Gasteiger charge is 2.13. The second-order valence-electron chi connectivity index (χ2n) is 4.16. The van der Waals surface area contributed by atoms with E-state index in [2.05, 4.69) is 15.9 Å². The normalized spacial score (nSPS) is 10.5. The second-order valence-corrected chi connectivity index (χ2v) is 5.83. The third-order valence-electron chi connectivity index (χ3n) is 2.67. The lowest BCUT2D eigenvalue weighted by Gasteiger charge is -2.12. The summed E-state index contributed by atoms with van der Waals surface area (Å²) in [5, 5.41) is 0.493. The molecule has 7 heteroatoms. The van der Waals surface area contributed by atoms with Gasteiger partial charge in [0.25, 0.3) is 0 Å². The van der Waals surface area contributed by atoms with Crippen LogP contribution < -0.4 is 10.5 Å². The molecule has 0 saturated heterocycles. The Hall–Kier alpha value is -1.30. The lowest BCUT2D eigenvalue weighted by Crippen LogP contribution is -2.11. The van der Waals surface area contributed by atoms with Gasteiger partial charge in [-0.3, -0.25) is 4.79 Å². The lowest BCUT2D eigenvalue weighted by molar-refractivity contribution is 0.1000. The van der Waals surface area contributed by atoms with Gasteiger partial charge < -0.3 is 10.5 Å². The highest BCUT2D eigenvalue weighted by Crippen LogP contribution is 2.35. The molecule has 0 saturated carbocycles. The Bertz CT molecular complexity index is 686. The molecule has 21 heavy (non-hydrogen) atoms. The van der Waals surface area contributed by atoms with Crippen LogP contribution in [0.25, 0.3) is 0 Å². The van der Waals surface area contributed by atoms with Crippen LogP contribution in [0.5, 0.6) is 5.75 Å². The summed E-state index contributed by atoms with van der Waals surface area (Å²) in [7, 11) is 0. The summed E-state index contributed by atoms with van der Waals surface area (Å²) in [5.74, 6) is -0.665. The summed E-state index contributed by atoms with van der Waals surface area (Å²) < 4.78 is 19.0. The van der Waals surface area contributed by atoms with Crippen molar-refractivity contribution in [1.29, 1.82) is 0 Å². The Labute approximate surface area is 138 Å². The number of carbonyl (C=O) groups excluding carboxylic acids is 1. The van der Waals surface area contributed by atoms with Gasteiger partial charge in [0, 0.05) is 11.1 Å². The van der Waals surface area contributed by atoms with E-state index in [0.29, 0.717) is 15.8 Å². The van der Waals surface area contributed by atoms with Gasteiger partial charge >= 0.3 is 0 Å². The Balaban J connectivity index is 2.22. The van der Waals surface area contributed by atoms with Crippen molar-refractivity contribution in [2.24, 2.45) is 5.73 Å². The number of primary amides is 1. The zero-order valence-corrected chi connectivity index (χ0v) is 13.6. The summed E-state index contributed by atoms with van der Waals surface area (Å²) in [5.41, 5.74) is 6.06. The second kappa shape index (κ2) is 6.64. The number of benzene rings is 2. The quantitative estimate of drug-likeness (QED) is 0.828. The molecule has 0 unspecified atom stereocenters. The molecular formula is C14H9BrCl2FNO2. The van der Waals surface area contributed by atoms with E-state index in [-0.39, 0.29) is 22.2 Å². The molecule has 2 aromatic carbocycles. The highest BCUT2D eigenvalue weighted by molar-refractivity contribution is 9.10. The van der Waals surface area contributed by atoms with E-state index in [4.69, 9.17) is 33.7 Å². The average Bonchev–Trinajstić information content (AvgIpc) is 2.39. The minimum atomic E-state index is -0.592. The van der Waals surface area contributed by atoms with E-state index < -0.39 is 11.7 Å². The molecule has 110 valence electrons. The molecule has 0 heterocycles. The van der Waals surface area contributed by atoms with E-state index in [1.807, 2.05) is 0 Å². The molecule has 2 rings (SSSR count). The first-order valence-electron chi connectivity index (χ1n) is 5.74. The average molecular weight is 393 g/mol. The van der Waals surface area contributed by atoms with Crippen LogP contribution >= 0.6 is 39.1 Å². The molecule has 0 aliphatic heterocycles. The third-order valence-corrected chi connectivity index (χ3v) is 3.89. The zero-order chi connectivity index (χ0) is 15.6. The summed E-state index contributed by atoms with van der Waals surface area (Å²) in [6.07, 6.45) is 0. The Morgan fingerprint density at radius 3 is 2.52 bits per heavy atom. The number of carbonyl (C=O) groups is 1. The summed E-state index contributed by atoms with van der Waals surface area (Å²) in [6, 6.07) is 6.94. The van der Waals surface area contributed by atoms with Crippen LogP contribution in [0.2, 0.25) is 10.0 Å². The molecule has 0 bridgehead atoms. The van der Waals surface area contributed by atoms with Crippen LogP contribution in [-0.4, -0.2) is 5.91 Å². The van der Waals surface area contributed by atoms with Gasteiger partial charge in [0.15, 0.2) is 5.75 Å². The maximum atomic E-state index is 13.0. The third kappa shape index (κ3) is 3.87. The van der Waals surface area contributed by atoms with Crippen molar-refractivity contribution < 1.29 is 13.9 Å². The Kier molecular flexibility index (Phi) is 5.08. The number of hydrogen-bond acceptors (Lipinski definition) is 2.